The molecule has 9 heteroatoms. The van der Waals surface area contributed by atoms with Gasteiger partial charge in [-0.25, -0.2) is 13.4 Å². The lowest BCUT2D eigenvalue weighted by Crippen LogP contribution is -2.41. The van der Waals surface area contributed by atoms with Crippen molar-refractivity contribution in [1.82, 2.24) is 16.0 Å². The van der Waals surface area contributed by atoms with E-state index in [9.17, 15) is 13.2 Å². The number of unbranched alkanes of at least 4 members (excludes halogenated alkanes) is 1. The third kappa shape index (κ3) is 10.3. The molecule has 1 atom stereocenters. The highest BCUT2D eigenvalue weighted by atomic mass is 127. The SMILES string of the molecule is CCCCNC(=NCc1ccc(C)cc1)NCCC(=O)NC1CCS(=O)(=O)C1.I. The molecule has 164 valence electrons. The summed E-state index contributed by atoms with van der Waals surface area (Å²) in [5.41, 5.74) is 2.34. The molecule has 7 nitrogen and oxygen atoms in total. The van der Waals surface area contributed by atoms with Crippen LogP contribution in [-0.4, -0.2) is 50.9 Å². The van der Waals surface area contributed by atoms with E-state index in [-0.39, 0.29) is 53.9 Å². The quantitative estimate of drug-likeness (QED) is 0.195. The molecule has 0 saturated carbocycles. The summed E-state index contributed by atoms with van der Waals surface area (Å²) in [6, 6.07) is 8.00. The van der Waals surface area contributed by atoms with E-state index >= 15 is 0 Å². The van der Waals surface area contributed by atoms with Gasteiger partial charge in [-0.05, 0) is 25.3 Å². The van der Waals surface area contributed by atoms with Crippen LogP contribution in [0.2, 0.25) is 0 Å². The molecular formula is C20H33IN4O3S. The number of amides is 1. The molecule has 1 aliphatic rings. The zero-order valence-corrected chi connectivity index (χ0v) is 20.4. The van der Waals surface area contributed by atoms with Gasteiger partial charge in [0, 0.05) is 25.6 Å². The topological polar surface area (TPSA) is 99.7 Å². The highest BCUT2D eigenvalue weighted by Gasteiger charge is 2.28. The van der Waals surface area contributed by atoms with Gasteiger partial charge in [-0.15, -0.1) is 24.0 Å². The van der Waals surface area contributed by atoms with Crippen LogP contribution < -0.4 is 16.0 Å². The molecule has 0 aromatic heterocycles. The maximum Gasteiger partial charge on any atom is 0.222 e. The molecular weight excluding hydrogens is 503 g/mol. The average Bonchev–Trinajstić information content (AvgIpc) is 2.99. The monoisotopic (exact) mass is 536 g/mol. The number of nitrogens with zero attached hydrogens (tertiary/aromatic N) is 1. The Hall–Kier alpha value is -1.36. The summed E-state index contributed by atoms with van der Waals surface area (Å²) in [6.45, 7) is 6.01. The van der Waals surface area contributed by atoms with Gasteiger partial charge >= 0.3 is 0 Å². The first-order chi connectivity index (χ1) is 13.4. The molecule has 2 rings (SSSR count). The molecule has 0 aliphatic carbocycles. The van der Waals surface area contributed by atoms with Crippen LogP contribution in [0.5, 0.6) is 0 Å². The normalized spacial score (nSPS) is 18.0. The zero-order chi connectivity index (χ0) is 20.4. The number of sulfone groups is 1. The number of guanidine groups is 1. The lowest BCUT2D eigenvalue weighted by Gasteiger charge is -2.14. The van der Waals surface area contributed by atoms with Crippen molar-refractivity contribution < 1.29 is 13.2 Å². The number of aryl methyl sites for hydroxylation is 1. The van der Waals surface area contributed by atoms with Crippen molar-refractivity contribution in [3.8, 4) is 0 Å². The van der Waals surface area contributed by atoms with E-state index in [1.54, 1.807) is 0 Å². The standard InChI is InChI=1S/C20H32N4O3S.HI/c1-3-4-11-21-20(23-14-17-7-5-16(2)6-8-17)22-12-9-19(25)24-18-10-13-28(26,27)15-18;/h5-8,18H,3-4,9-15H2,1-2H3,(H,24,25)(H2,21,22,23);1H. The lowest BCUT2D eigenvalue weighted by atomic mass is 10.1. The summed E-state index contributed by atoms with van der Waals surface area (Å²) in [6.07, 6.45) is 2.91. The van der Waals surface area contributed by atoms with Crippen LogP contribution in [-0.2, 0) is 21.2 Å². The Morgan fingerprint density at radius 2 is 1.86 bits per heavy atom. The zero-order valence-electron chi connectivity index (χ0n) is 17.2. The van der Waals surface area contributed by atoms with Gasteiger partial charge in [0.05, 0.1) is 18.1 Å². The number of rotatable bonds is 9. The molecule has 1 aromatic rings. The first kappa shape index (κ1) is 25.7. The molecule has 1 amide bonds. The van der Waals surface area contributed by atoms with Gasteiger partial charge in [0.1, 0.15) is 0 Å². The van der Waals surface area contributed by atoms with Crippen molar-refractivity contribution in [3.05, 3.63) is 35.4 Å². The van der Waals surface area contributed by atoms with Gasteiger partial charge in [0.2, 0.25) is 5.91 Å². The first-order valence-electron chi connectivity index (χ1n) is 9.95. The lowest BCUT2D eigenvalue weighted by molar-refractivity contribution is -0.121. The third-order valence-corrected chi connectivity index (χ3v) is 6.37. The van der Waals surface area contributed by atoms with E-state index in [4.69, 9.17) is 0 Å². The highest BCUT2D eigenvalue weighted by Crippen LogP contribution is 2.11. The fourth-order valence-electron chi connectivity index (χ4n) is 2.92. The molecule has 1 saturated heterocycles. The van der Waals surface area contributed by atoms with Crippen LogP contribution in [0.1, 0.15) is 43.7 Å². The minimum absolute atomic E-state index is 0. The second-order valence-corrected chi connectivity index (χ2v) is 9.50. The Kier molecular flexibility index (Phi) is 11.6. The Morgan fingerprint density at radius 3 is 2.48 bits per heavy atom. The molecule has 0 radical (unpaired) electrons. The van der Waals surface area contributed by atoms with Crippen molar-refractivity contribution in [3.63, 3.8) is 0 Å². The predicted molar refractivity (Wildman–Crippen MR) is 128 cm³/mol. The van der Waals surface area contributed by atoms with Gasteiger partial charge in [-0.2, -0.15) is 0 Å². The van der Waals surface area contributed by atoms with Gasteiger partial charge in [-0.3, -0.25) is 4.79 Å². The van der Waals surface area contributed by atoms with E-state index in [0.717, 1.165) is 24.9 Å². The smallest absolute Gasteiger partial charge is 0.222 e. The molecule has 29 heavy (non-hydrogen) atoms. The largest absolute Gasteiger partial charge is 0.356 e. The number of nitrogens with one attached hydrogen (secondary N) is 3. The Bertz CT molecular complexity index is 766. The molecule has 1 fully saturated rings. The Balaban J connectivity index is 0.00000420. The van der Waals surface area contributed by atoms with Gasteiger partial charge < -0.3 is 16.0 Å². The van der Waals surface area contributed by atoms with Crippen LogP contribution >= 0.6 is 24.0 Å². The van der Waals surface area contributed by atoms with Crippen LogP contribution in [0, 0.1) is 6.92 Å². The summed E-state index contributed by atoms with van der Waals surface area (Å²) in [5.74, 6) is 0.757. The number of hydrogen-bond acceptors (Lipinski definition) is 4. The average molecular weight is 536 g/mol. The molecule has 1 heterocycles. The predicted octanol–water partition coefficient (Wildman–Crippen LogP) is 2.14. The first-order valence-corrected chi connectivity index (χ1v) is 11.8. The van der Waals surface area contributed by atoms with Gasteiger partial charge in [0.25, 0.3) is 0 Å². The fourth-order valence-corrected chi connectivity index (χ4v) is 4.60. The minimum Gasteiger partial charge on any atom is -0.356 e. The minimum atomic E-state index is -2.98. The number of halogens is 1. The number of carbonyl (C=O) groups is 1. The number of carbonyl (C=O) groups excluding carboxylic acids is 1. The van der Waals surface area contributed by atoms with Crippen molar-refractivity contribution >= 4 is 45.7 Å². The third-order valence-electron chi connectivity index (χ3n) is 4.61. The van der Waals surface area contributed by atoms with Crippen molar-refractivity contribution in [2.24, 2.45) is 4.99 Å². The van der Waals surface area contributed by atoms with E-state index < -0.39 is 9.84 Å². The van der Waals surface area contributed by atoms with Crippen molar-refractivity contribution in [2.45, 2.75) is 52.1 Å². The summed E-state index contributed by atoms with van der Waals surface area (Å²) in [5, 5.41) is 9.29. The molecule has 1 aromatic carbocycles. The van der Waals surface area contributed by atoms with E-state index in [0.29, 0.717) is 25.5 Å². The van der Waals surface area contributed by atoms with Crippen molar-refractivity contribution in [2.75, 3.05) is 24.6 Å². The van der Waals surface area contributed by atoms with Crippen LogP contribution in [0.25, 0.3) is 0 Å². The molecule has 0 bridgehead atoms. The Labute approximate surface area is 191 Å². The summed E-state index contributed by atoms with van der Waals surface area (Å²) < 4.78 is 22.9. The van der Waals surface area contributed by atoms with Crippen LogP contribution in [0.15, 0.2) is 29.3 Å². The van der Waals surface area contributed by atoms with E-state index in [2.05, 4.69) is 59.1 Å². The van der Waals surface area contributed by atoms with E-state index in [1.165, 1.54) is 5.56 Å². The molecule has 0 spiro atoms. The van der Waals surface area contributed by atoms with Gasteiger partial charge in [-0.1, -0.05) is 43.2 Å². The van der Waals surface area contributed by atoms with Crippen molar-refractivity contribution in [1.29, 1.82) is 0 Å². The van der Waals surface area contributed by atoms with Gasteiger partial charge in [0.15, 0.2) is 15.8 Å². The maximum absolute atomic E-state index is 12.1. The second-order valence-electron chi connectivity index (χ2n) is 7.28. The number of hydrogen-bond donors (Lipinski definition) is 3. The summed E-state index contributed by atoms with van der Waals surface area (Å²) >= 11 is 0. The van der Waals surface area contributed by atoms with E-state index in [1.807, 2.05) is 0 Å². The highest BCUT2D eigenvalue weighted by molar-refractivity contribution is 14.0. The molecule has 3 N–H and O–H groups in total. The fraction of sp³-hybridized carbons (Fsp3) is 0.600. The molecule has 1 unspecified atom stereocenters. The van der Waals surface area contributed by atoms with Crippen LogP contribution in [0.3, 0.4) is 0 Å². The number of aliphatic imine (C=N–C) groups is 1. The van der Waals surface area contributed by atoms with Crippen LogP contribution in [0.4, 0.5) is 0 Å². The molecule has 1 aliphatic heterocycles. The Morgan fingerprint density at radius 1 is 1.17 bits per heavy atom. The summed E-state index contributed by atoms with van der Waals surface area (Å²) in [4.78, 5) is 16.7. The maximum atomic E-state index is 12.1. The summed E-state index contributed by atoms with van der Waals surface area (Å²) in [7, 11) is -2.98. The second kappa shape index (κ2) is 13.0. The number of benzene rings is 1.